The fourth-order valence-corrected chi connectivity index (χ4v) is 3.85. The van der Waals surface area contributed by atoms with Crippen LogP contribution in [-0.4, -0.2) is 27.0 Å². The average molecular weight is 443 g/mol. The van der Waals surface area contributed by atoms with Crippen molar-refractivity contribution in [3.8, 4) is 17.6 Å². The van der Waals surface area contributed by atoms with Gasteiger partial charge in [-0.2, -0.15) is 18.4 Å². The average Bonchev–Trinajstić information content (AvgIpc) is 2.74. The minimum atomic E-state index is -4.92. The van der Waals surface area contributed by atoms with Gasteiger partial charge >= 0.3 is 11.9 Å². The maximum Gasteiger partial charge on any atom is 0.414 e. The van der Waals surface area contributed by atoms with Gasteiger partial charge in [0.05, 0.1) is 28.0 Å². The standard InChI is InChI=1S/C22H16F3N3O4/c1-13-10-18(22(23,24)25)21(8-5-9-26,20(27-13)14-6-3-2-4-7-14)15-11-16(28(31)32)19(30)17(29)12-15/h2-8,10-12,20,29-30H,1H3/b8-5-. The molecule has 32 heavy (non-hydrogen) atoms. The first-order valence-electron chi connectivity index (χ1n) is 9.19. The Morgan fingerprint density at radius 3 is 2.47 bits per heavy atom. The Bertz CT molecular complexity index is 1200. The topological polar surface area (TPSA) is 120 Å². The van der Waals surface area contributed by atoms with Crippen LogP contribution in [0.5, 0.6) is 11.5 Å². The zero-order valence-corrected chi connectivity index (χ0v) is 16.5. The number of alkyl halides is 3. The van der Waals surface area contributed by atoms with E-state index in [4.69, 9.17) is 5.26 Å². The number of allylic oxidation sites excluding steroid dienone is 2. The summed E-state index contributed by atoms with van der Waals surface area (Å²) in [7, 11) is 0. The molecule has 1 heterocycles. The van der Waals surface area contributed by atoms with E-state index in [1.54, 1.807) is 36.4 Å². The van der Waals surface area contributed by atoms with E-state index in [0.29, 0.717) is 5.56 Å². The molecule has 10 heteroatoms. The summed E-state index contributed by atoms with van der Waals surface area (Å²) < 4.78 is 43.1. The molecular formula is C22H16F3N3O4. The fourth-order valence-electron chi connectivity index (χ4n) is 3.85. The van der Waals surface area contributed by atoms with Gasteiger partial charge in [0.15, 0.2) is 5.75 Å². The van der Waals surface area contributed by atoms with E-state index in [2.05, 4.69) is 4.99 Å². The predicted molar refractivity (Wildman–Crippen MR) is 109 cm³/mol. The summed E-state index contributed by atoms with van der Waals surface area (Å²) in [5.74, 6) is -2.05. The molecule has 2 aromatic carbocycles. The van der Waals surface area contributed by atoms with Crippen LogP contribution in [0.25, 0.3) is 0 Å². The summed E-state index contributed by atoms with van der Waals surface area (Å²) in [4.78, 5) is 14.8. The van der Waals surface area contributed by atoms with E-state index in [9.17, 15) is 33.5 Å². The summed E-state index contributed by atoms with van der Waals surface area (Å²) in [6.45, 7) is 1.39. The van der Waals surface area contributed by atoms with Gasteiger partial charge < -0.3 is 10.2 Å². The number of nitro benzene ring substituents is 1. The van der Waals surface area contributed by atoms with Crippen LogP contribution in [0.4, 0.5) is 18.9 Å². The number of dihydropyridines is 1. The Balaban J connectivity index is 2.50. The summed E-state index contributed by atoms with van der Waals surface area (Å²) in [5.41, 5.74) is -4.31. The zero-order chi connectivity index (χ0) is 23.7. The van der Waals surface area contributed by atoms with E-state index in [1.807, 2.05) is 0 Å². The summed E-state index contributed by atoms with van der Waals surface area (Å²) >= 11 is 0. The van der Waals surface area contributed by atoms with Crippen LogP contribution in [0, 0.1) is 21.4 Å². The predicted octanol–water partition coefficient (Wildman–Crippen LogP) is 5.03. The van der Waals surface area contributed by atoms with Gasteiger partial charge in [-0.3, -0.25) is 15.1 Å². The van der Waals surface area contributed by atoms with Crippen LogP contribution in [0.2, 0.25) is 0 Å². The lowest BCUT2D eigenvalue weighted by Gasteiger charge is -2.42. The number of aromatic hydroxyl groups is 2. The third kappa shape index (κ3) is 3.80. The highest BCUT2D eigenvalue weighted by atomic mass is 19.4. The zero-order valence-electron chi connectivity index (χ0n) is 16.5. The summed E-state index contributed by atoms with van der Waals surface area (Å²) in [6.07, 6.45) is -2.32. The van der Waals surface area contributed by atoms with Gasteiger partial charge in [0.1, 0.15) is 0 Å². The van der Waals surface area contributed by atoms with Crippen LogP contribution < -0.4 is 0 Å². The second kappa shape index (κ2) is 8.19. The number of rotatable bonds is 4. The second-order valence-electron chi connectivity index (χ2n) is 7.09. The van der Waals surface area contributed by atoms with Crippen molar-refractivity contribution in [2.45, 2.75) is 24.6 Å². The molecule has 0 spiro atoms. The molecule has 0 saturated heterocycles. The molecule has 0 amide bonds. The summed E-state index contributed by atoms with van der Waals surface area (Å²) in [6, 6.07) is 9.90. The Kier molecular flexibility index (Phi) is 5.77. The van der Waals surface area contributed by atoms with Gasteiger partial charge in [-0.05, 0) is 30.2 Å². The molecule has 0 aromatic heterocycles. The van der Waals surface area contributed by atoms with E-state index in [0.717, 1.165) is 30.4 Å². The lowest BCUT2D eigenvalue weighted by atomic mass is 9.64. The lowest BCUT2D eigenvalue weighted by molar-refractivity contribution is -0.386. The molecule has 0 aliphatic carbocycles. The Labute approximate surface area is 180 Å². The number of phenols is 2. The molecular weight excluding hydrogens is 427 g/mol. The normalized spacial score (nSPS) is 21.0. The number of nitro groups is 1. The van der Waals surface area contributed by atoms with Gasteiger partial charge in [-0.25, -0.2) is 0 Å². The largest absolute Gasteiger partial charge is 0.504 e. The number of benzene rings is 2. The van der Waals surface area contributed by atoms with Crippen LogP contribution in [0.15, 0.2) is 71.3 Å². The highest BCUT2D eigenvalue weighted by Gasteiger charge is 2.55. The van der Waals surface area contributed by atoms with Crippen LogP contribution in [0.1, 0.15) is 24.1 Å². The first kappa shape index (κ1) is 22.6. The van der Waals surface area contributed by atoms with Gasteiger partial charge in [0, 0.05) is 17.9 Å². The number of hydrogen-bond acceptors (Lipinski definition) is 6. The lowest BCUT2D eigenvalue weighted by Crippen LogP contribution is -2.42. The van der Waals surface area contributed by atoms with Crippen molar-refractivity contribution in [2.24, 2.45) is 4.99 Å². The van der Waals surface area contributed by atoms with Crippen molar-refractivity contribution in [3.05, 3.63) is 87.5 Å². The van der Waals surface area contributed by atoms with Gasteiger partial charge in [-0.15, -0.1) is 0 Å². The smallest absolute Gasteiger partial charge is 0.414 e. The van der Waals surface area contributed by atoms with Crippen molar-refractivity contribution >= 4 is 11.4 Å². The highest BCUT2D eigenvalue weighted by molar-refractivity contribution is 5.95. The second-order valence-corrected chi connectivity index (χ2v) is 7.09. The molecule has 2 unspecified atom stereocenters. The Morgan fingerprint density at radius 2 is 1.91 bits per heavy atom. The van der Waals surface area contributed by atoms with E-state index in [-0.39, 0.29) is 11.3 Å². The third-order valence-corrected chi connectivity index (χ3v) is 5.15. The van der Waals surface area contributed by atoms with Crippen LogP contribution in [-0.2, 0) is 5.41 Å². The molecule has 0 saturated carbocycles. The molecule has 0 bridgehead atoms. The number of hydrogen-bond donors (Lipinski definition) is 2. The van der Waals surface area contributed by atoms with Gasteiger partial charge in [0.25, 0.3) is 0 Å². The maximum atomic E-state index is 14.4. The minimum Gasteiger partial charge on any atom is -0.504 e. The van der Waals surface area contributed by atoms with Crippen LogP contribution in [0.3, 0.4) is 0 Å². The maximum absolute atomic E-state index is 14.4. The fraction of sp³-hybridized carbons (Fsp3) is 0.182. The number of nitrogens with zero attached hydrogens (tertiary/aromatic N) is 3. The third-order valence-electron chi connectivity index (χ3n) is 5.15. The molecule has 7 nitrogen and oxygen atoms in total. The Morgan fingerprint density at radius 1 is 1.25 bits per heavy atom. The van der Waals surface area contributed by atoms with Crippen molar-refractivity contribution in [1.29, 1.82) is 5.26 Å². The molecule has 164 valence electrons. The molecule has 2 atom stereocenters. The SMILES string of the molecule is CC1=NC(c2ccccc2)C(/C=C\C#N)(c2cc(O)c(O)c([N+](=O)[O-])c2)C(C(F)(F)F)=C1. The quantitative estimate of drug-likeness (QED) is 0.297. The van der Waals surface area contributed by atoms with Gasteiger partial charge in [-0.1, -0.05) is 36.4 Å². The van der Waals surface area contributed by atoms with Crippen molar-refractivity contribution < 1.29 is 28.3 Å². The molecule has 0 fully saturated rings. The molecule has 3 rings (SSSR count). The number of aliphatic imine (C=N–C) groups is 1. The van der Waals surface area contributed by atoms with Crippen molar-refractivity contribution in [1.82, 2.24) is 0 Å². The molecule has 1 aliphatic rings. The highest BCUT2D eigenvalue weighted by Crippen LogP contribution is 2.55. The van der Waals surface area contributed by atoms with Crippen molar-refractivity contribution in [3.63, 3.8) is 0 Å². The first-order chi connectivity index (χ1) is 15.0. The van der Waals surface area contributed by atoms with Crippen molar-refractivity contribution in [2.75, 3.05) is 0 Å². The Hall–Kier alpha value is -4.13. The minimum absolute atomic E-state index is 0.0599. The van der Waals surface area contributed by atoms with E-state index >= 15 is 0 Å². The molecule has 2 N–H and O–H groups in total. The number of phenolic OH excluding ortho intramolecular Hbond substituents is 2. The number of nitriles is 1. The van der Waals surface area contributed by atoms with Gasteiger partial charge in [0.2, 0.25) is 5.75 Å². The van der Waals surface area contributed by atoms with E-state index in [1.165, 1.54) is 6.92 Å². The van der Waals surface area contributed by atoms with E-state index < -0.39 is 45.3 Å². The molecule has 2 aromatic rings. The summed E-state index contributed by atoms with van der Waals surface area (Å²) in [5, 5.41) is 40.5. The first-order valence-corrected chi connectivity index (χ1v) is 9.19. The molecule has 0 radical (unpaired) electrons. The monoisotopic (exact) mass is 443 g/mol. The van der Waals surface area contributed by atoms with Crippen LogP contribution >= 0.6 is 0 Å². The molecule has 1 aliphatic heterocycles. The number of halogens is 3.